The first-order chi connectivity index (χ1) is 15.9. The third-order valence-electron chi connectivity index (χ3n) is 4.78. The third-order valence-corrected chi connectivity index (χ3v) is 7.54. The first-order valence-corrected chi connectivity index (χ1v) is 12.7. The van der Waals surface area contributed by atoms with Crippen LogP contribution in [0, 0.1) is 0 Å². The minimum atomic E-state index is -0.250. The summed E-state index contributed by atoms with van der Waals surface area (Å²) < 4.78 is 4.83. The standard InChI is InChI=1S/C22H20ClN3O2S2.C3H8/c1-14-21(22-25(2)17-8-7-15(23)12-18(17)29-22)30-19(13-16-6-4-5-10-24-16)26(14)11-9-20(27)28-3;1-3-2/h4-8,10,12-13H,1,9,11H2,2-3H3;3H2,1-2H3/b19-13-,22-21+;. The smallest absolute Gasteiger partial charge is 0.307 e. The number of thioether (sulfide) groups is 2. The summed E-state index contributed by atoms with van der Waals surface area (Å²) >= 11 is 9.50. The van der Waals surface area contributed by atoms with Crippen molar-refractivity contribution in [1.82, 2.24) is 9.88 Å². The van der Waals surface area contributed by atoms with E-state index in [9.17, 15) is 4.79 Å². The molecule has 0 spiro atoms. The van der Waals surface area contributed by atoms with E-state index in [0.29, 0.717) is 11.6 Å². The fraction of sp³-hybridized carbons (Fsp3) is 0.280. The molecule has 5 nitrogen and oxygen atoms in total. The van der Waals surface area contributed by atoms with E-state index in [4.69, 9.17) is 16.3 Å². The summed E-state index contributed by atoms with van der Waals surface area (Å²) in [7, 11) is 3.45. The minimum absolute atomic E-state index is 0.250. The second kappa shape index (κ2) is 11.7. The number of fused-ring (bicyclic) bond motifs is 1. The lowest BCUT2D eigenvalue weighted by molar-refractivity contribution is -0.140. The van der Waals surface area contributed by atoms with Gasteiger partial charge < -0.3 is 14.5 Å². The molecule has 1 fully saturated rings. The molecule has 1 aromatic heterocycles. The molecule has 3 heterocycles. The van der Waals surface area contributed by atoms with Crippen LogP contribution in [0.15, 0.2) is 74.7 Å². The Kier molecular flexibility index (Phi) is 8.95. The lowest BCUT2D eigenvalue weighted by Crippen LogP contribution is -2.21. The number of carbonyl (C=O) groups excluding carboxylic acids is 1. The molecule has 8 heteroatoms. The number of carbonyl (C=O) groups is 1. The average Bonchev–Trinajstić information content (AvgIpc) is 3.28. The number of benzene rings is 1. The summed E-state index contributed by atoms with van der Waals surface area (Å²) in [4.78, 5) is 22.6. The van der Waals surface area contributed by atoms with E-state index < -0.39 is 0 Å². The van der Waals surface area contributed by atoms with Crippen molar-refractivity contribution in [2.24, 2.45) is 0 Å². The predicted molar refractivity (Wildman–Crippen MR) is 141 cm³/mol. The van der Waals surface area contributed by atoms with Crippen LogP contribution in [-0.4, -0.2) is 36.6 Å². The molecule has 0 saturated carbocycles. The number of halogens is 1. The first-order valence-electron chi connectivity index (χ1n) is 10.7. The molecule has 1 aromatic carbocycles. The Morgan fingerprint density at radius 1 is 1.24 bits per heavy atom. The van der Waals surface area contributed by atoms with Gasteiger partial charge in [-0.2, -0.15) is 0 Å². The molecule has 0 radical (unpaired) electrons. The number of anilines is 1. The van der Waals surface area contributed by atoms with Gasteiger partial charge >= 0.3 is 5.97 Å². The summed E-state index contributed by atoms with van der Waals surface area (Å²) in [6, 6.07) is 11.7. The summed E-state index contributed by atoms with van der Waals surface area (Å²) in [5.41, 5.74) is 2.83. The van der Waals surface area contributed by atoms with E-state index in [2.05, 4.69) is 35.2 Å². The van der Waals surface area contributed by atoms with Crippen LogP contribution in [0.4, 0.5) is 5.69 Å². The van der Waals surface area contributed by atoms with Gasteiger partial charge in [-0.3, -0.25) is 9.78 Å². The lowest BCUT2D eigenvalue weighted by Gasteiger charge is -2.20. The summed E-state index contributed by atoms with van der Waals surface area (Å²) in [6.45, 7) is 9.08. The molecule has 0 amide bonds. The Morgan fingerprint density at radius 2 is 2.00 bits per heavy atom. The van der Waals surface area contributed by atoms with Crippen LogP contribution in [0.2, 0.25) is 5.02 Å². The fourth-order valence-corrected chi connectivity index (χ4v) is 6.00. The van der Waals surface area contributed by atoms with Crippen molar-refractivity contribution < 1.29 is 9.53 Å². The van der Waals surface area contributed by atoms with Gasteiger partial charge in [0.2, 0.25) is 0 Å². The second-order valence-corrected chi connectivity index (χ2v) is 9.88. The molecule has 174 valence electrons. The summed E-state index contributed by atoms with van der Waals surface area (Å²) in [5.74, 6) is -0.250. The van der Waals surface area contributed by atoms with E-state index >= 15 is 0 Å². The van der Waals surface area contributed by atoms with Gasteiger partial charge in [0.25, 0.3) is 0 Å². The zero-order chi connectivity index (χ0) is 24.0. The molecular formula is C25H28ClN3O2S2. The van der Waals surface area contributed by atoms with Gasteiger partial charge in [0.1, 0.15) is 0 Å². The topological polar surface area (TPSA) is 45.7 Å². The molecule has 0 aliphatic carbocycles. The number of methoxy groups -OCH3 is 1. The van der Waals surface area contributed by atoms with Gasteiger partial charge in [-0.1, -0.05) is 68.0 Å². The van der Waals surface area contributed by atoms with Crippen molar-refractivity contribution in [2.75, 3.05) is 25.6 Å². The minimum Gasteiger partial charge on any atom is -0.469 e. The zero-order valence-corrected chi connectivity index (χ0v) is 21.7. The molecule has 0 atom stereocenters. The third kappa shape index (κ3) is 5.96. The molecule has 33 heavy (non-hydrogen) atoms. The SMILES string of the molecule is C=C1/C(=C2\Sc3cc(Cl)ccc3N2C)S/C(=C\c2ccccn2)N1CCC(=O)OC.CCC. The highest BCUT2D eigenvalue weighted by Gasteiger charge is 2.34. The van der Waals surface area contributed by atoms with Crippen LogP contribution >= 0.6 is 35.1 Å². The van der Waals surface area contributed by atoms with Crippen molar-refractivity contribution in [3.63, 3.8) is 0 Å². The number of pyridine rings is 1. The highest BCUT2D eigenvalue weighted by molar-refractivity contribution is 8.09. The maximum atomic E-state index is 11.8. The van der Waals surface area contributed by atoms with Crippen LogP contribution in [0.25, 0.3) is 6.08 Å². The fourth-order valence-electron chi connectivity index (χ4n) is 3.21. The maximum absolute atomic E-state index is 11.8. The molecule has 0 bridgehead atoms. The Labute approximate surface area is 209 Å². The van der Waals surface area contributed by atoms with Crippen LogP contribution in [0.5, 0.6) is 0 Å². The van der Waals surface area contributed by atoms with E-state index in [1.165, 1.54) is 13.5 Å². The molecule has 2 aromatic rings. The van der Waals surface area contributed by atoms with Gasteiger partial charge in [0, 0.05) is 29.7 Å². The van der Waals surface area contributed by atoms with Gasteiger partial charge in [-0.05, 0) is 36.4 Å². The van der Waals surface area contributed by atoms with Crippen molar-refractivity contribution in [3.05, 3.63) is 80.6 Å². The molecule has 0 unspecified atom stereocenters. The number of aromatic nitrogens is 1. The quantitative estimate of drug-likeness (QED) is 0.418. The monoisotopic (exact) mass is 501 g/mol. The van der Waals surface area contributed by atoms with E-state index in [1.807, 2.05) is 49.5 Å². The highest BCUT2D eigenvalue weighted by Crippen LogP contribution is 2.54. The van der Waals surface area contributed by atoms with Gasteiger partial charge in [0.05, 0.1) is 45.6 Å². The van der Waals surface area contributed by atoms with Crippen molar-refractivity contribution in [3.8, 4) is 0 Å². The number of esters is 1. The van der Waals surface area contributed by atoms with Gasteiger partial charge in [-0.25, -0.2) is 0 Å². The number of rotatable bonds is 4. The zero-order valence-electron chi connectivity index (χ0n) is 19.3. The molecule has 1 saturated heterocycles. The maximum Gasteiger partial charge on any atom is 0.307 e. The molecule has 4 rings (SSSR count). The Morgan fingerprint density at radius 3 is 2.67 bits per heavy atom. The Balaban J connectivity index is 0.000000968. The predicted octanol–water partition coefficient (Wildman–Crippen LogP) is 6.99. The second-order valence-electron chi connectivity index (χ2n) is 7.38. The van der Waals surface area contributed by atoms with Crippen LogP contribution in [-0.2, 0) is 9.53 Å². The van der Waals surface area contributed by atoms with E-state index in [1.54, 1.807) is 29.7 Å². The Hall–Kier alpha value is -2.35. The molecule has 2 aliphatic heterocycles. The highest BCUT2D eigenvalue weighted by atomic mass is 35.5. The number of nitrogens with zero attached hydrogens (tertiary/aromatic N) is 3. The van der Waals surface area contributed by atoms with E-state index in [-0.39, 0.29) is 12.4 Å². The van der Waals surface area contributed by atoms with Crippen molar-refractivity contribution >= 4 is 52.9 Å². The van der Waals surface area contributed by atoms with Gasteiger partial charge in [-0.15, -0.1) is 0 Å². The first kappa shape index (κ1) is 25.3. The number of hydrogen-bond acceptors (Lipinski definition) is 7. The largest absolute Gasteiger partial charge is 0.469 e. The van der Waals surface area contributed by atoms with Crippen LogP contribution < -0.4 is 4.90 Å². The van der Waals surface area contributed by atoms with E-state index in [0.717, 1.165) is 36.9 Å². The van der Waals surface area contributed by atoms with Crippen LogP contribution in [0.3, 0.4) is 0 Å². The van der Waals surface area contributed by atoms with Crippen LogP contribution in [0.1, 0.15) is 32.4 Å². The normalized spacial score (nSPS) is 18.3. The number of ether oxygens (including phenoxy) is 1. The molecular weight excluding hydrogens is 474 g/mol. The average molecular weight is 502 g/mol. The van der Waals surface area contributed by atoms with Gasteiger partial charge in [0.15, 0.2) is 0 Å². The summed E-state index contributed by atoms with van der Waals surface area (Å²) in [5, 5.41) is 2.79. The Bertz CT molecular complexity index is 1090. The molecule has 2 aliphatic rings. The lowest BCUT2D eigenvalue weighted by atomic mass is 10.3. The molecule has 0 N–H and O–H groups in total. The van der Waals surface area contributed by atoms with Crippen molar-refractivity contribution in [1.29, 1.82) is 0 Å². The van der Waals surface area contributed by atoms with Crippen molar-refractivity contribution in [2.45, 2.75) is 31.6 Å². The summed E-state index contributed by atoms with van der Waals surface area (Å²) in [6.07, 6.45) is 5.31. The number of hydrogen-bond donors (Lipinski definition) is 0.